The summed E-state index contributed by atoms with van der Waals surface area (Å²) in [5.41, 5.74) is 0.697. The standard InChI is InChI=1S/C19H18ClN3O5S3/c1-29-10-9-22-16-7-4-14(23(25)26)12-17(16)30-19(22)21-18(24)8-11-31(27,28)15-5-2-13(20)3-6-15/h2-7,12H,8-11H2,1H3. The van der Waals surface area contributed by atoms with Crippen LogP contribution in [0.4, 0.5) is 5.69 Å². The van der Waals surface area contributed by atoms with E-state index in [1.54, 1.807) is 17.8 Å². The Bertz CT molecular complexity index is 1300. The number of thiazole rings is 1. The smallest absolute Gasteiger partial charge is 0.270 e. The van der Waals surface area contributed by atoms with Gasteiger partial charge >= 0.3 is 0 Å². The Morgan fingerprint density at radius 2 is 1.97 bits per heavy atom. The number of hydrogen-bond acceptors (Lipinski definition) is 7. The minimum atomic E-state index is -3.65. The van der Waals surface area contributed by atoms with Gasteiger partial charge in [-0.1, -0.05) is 22.9 Å². The summed E-state index contributed by atoms with van der Waals surface area (Å²) in [5.74, 6) is -0.190. The van der Waals surface area contributed by atoms with Crippen molar-refractivity contribution >= 4 is 66.3 Å². The molecular weight excluding hydrogens is 482 g/mol. The summed E-state index contributed by atoms with van der Waals surface area (Å²) >= 11 is 8.57. The Hall–Kier alpha value is -2.21. The van der Waals surface area contributed by atoms with E-state index >= 15 is 0 Å². The van der Waals surface area contributed by atoms with Crippen molar-refractivity contribution in [2.45, 2.75) is 17.9 Å². The fraction of sp³-hybridized carbons (Fsp3) is 0.263. The van der Waals surface area contributed by atoms with Crippen molar-refractivity contribution in [3.05, 3.63) is 62.4 Å². The van der Waals surface area contributed by atoms with E-state index in [-0.39, 0.29) is 22.8 Å². The first-order valence-corrected chi connectivity index (χ1v) is 13.3. The fourth-order valence-electron chi connectivity index (χ4n) is 2.80. The Kier molecular flexibility index (Phi) is 7.52. The number of aromatic nitrogens is 1. The maximum Gasteiger partial charge on any atom is 0.270 e. The van der Waals surface area contributed by atoms with E-state index in [0.717, 1.165) is 22.6 Å². The van der Waals surface area contributed by atoms with Gasteiger partial charge in [-0.25, -0.2) is 8.42 Å². The molecule has 3 aromatic rings. The van der Waals surface area contributed by atoms with Crippen LogP contribution < -0.4 is 4.80 Å². The molecule has 0 aliphatic rings. The first-order valence-electron chi connectivity index (χ1n) is 9.04. The molecule has 1 aromatic heterocycles. The third kappa shape index (κ3) is 5.73. The van der Waals surface area contributed by atoms with E-state index in [4.69, 9.17) is 11.6 Å². The van der Waals surface area contributed by atoms with Gasteiger partial charge in [-0.3, -0.25) is 14.9 Å². The molecule has 8 nitrogen and oxygen atoms in total. The lowest BCUT2D eigenvalue weighted by atomic mass is 10.3. The van der Waals surface area contributed by atoms with Gasteiger partial charge in [0.15, 0.2) is 14.6 Å². The lowest BCUT2D eigenvalue weighted by Gasteiger charge is -2.04. The van der Waals surface area contributed by atoms with Crippen LogP contribution in [0.3, 0.4) is 0 Å². The van der Waals surface area contributed by atoms with E-state index in [0.29, 0.717) is 21.1 Å². The van der Waals surface area contributed by atoms with Crippen LogP contribution in [0, 0.1) is 10.1 Å². The Morgan fingerprint density at radius 3 is 2.61 bits per heavy atom. The molecule has 164 valence electrons. The minimum Gasteiger partial charge on any atom is -0.316 e. The van der Waals surface area contributed by atoms with Crippen molar-refractivity contribution < 1.29 is 18.1 Å². The number of aryl methyl sites for hydroxylation is 1. The van der Waals surface area contributed by atoms with Gasteiger partial charge in [-0.15, -0.1) is 0 Å². The number of fused-ring (bicyclic) bond motifs is 1. The number of nitro benzene ring substituents is 1. The van der Waals surface area contributed by atoms with Gasteiger partial charge in [0.2, 0.25) is 5.91 Å². The van der Waals surface area contributed by atoms with Crippen molar-refractivity contribution in [1.29, 1.82) is 0 Å². The number of carbonyl (C=O) groups excluding carboxylic acids is 1. The van der Waals surface area contributed by atoms with E-state index in [2.05, 4.69) is 4.99 Å². The van der Waals surface area contributed by atoms with Crippen molar-refractivity contribution in [3.63, 3.8) is 0 Å². The summed E-state index contributed by atoms with van der Waals surface area (Å²) in [7, 11) is -3.65. The molecule has 12 heteroatoms. The highest BCUT2D eigenvalue weighted by Crippen LogP contribution is 2.23. The molecule has 0 spiro atoms. The molecule has 1 heterocycles. The summed E-state index contributed by atoms with van der Waals surface area (Å²) in [6.07, 6.45) is 1.67. The average Bonchev–Trinajstić information content (AvgIpc) is 3.07. The summed E-state index contributed by atoms with van der Waals surface area (Å²) in [4.78, 5) is 27.6. The molecule has 0 saturated heterocycles. The monoisotopic (exact) mass is 499 g/mol. The molecule has 3 rings (SSSR count). The van der Waals surface area contributed by atoms with Gasteiger partial charge in [0.25, 0.3) is 5.69 Å². The van der Waals surface area contributed by atoms with Gasteiger partial charge in [-0.2, -0.15) is 16.8 Å². The average molecular weight is 500 g/mol. The molecule has 0 fully saturated rings. The van der Waals surface area contributed by atoms with E-state index in [1.807, 2.05) is 10.8 Å². The Balaban J connectivity index is 1.88. The number of thioether (sulfide) groups is 1. The maximum atomic E-state index is 12.5. The molecular formula is C19H18ClN3O5S3. The van der Waals surface area contributed by atoms with Gasteiger partial charge in [0.05, 0.1) is 25.8 Å². The molecule has 0 aliphatic carbocycles. The number of rotatable bonds is 8. The van der Waals surface area contributed by atoms with Gasteiger partial charge in [0.1, 0.15) is 0 Å². The predicted octanol–water partition coefficient (Wildman–Crippen LogP) is 3.92. The number of non-ortho nitro benzene ring substituents is 1. The van der Waals surface area contributed by atoms with Crippen LogP contribution >= 0.6 is 34.7 Å². The number of halogens is 1. The number of amides is 1. The Morgan fingerprint density at radius 1 is 1.26 bits per heavy atom. The number of sulfone groups is 1. The largest absolute Gasteiger partial charge is 0.316 e. The third-order valence-corrected chi connectivity index (χ3v) is 7.99. The number of benzene rings is 2. The van der Waals surface area contributed by atoms with Crippen molar-refractivity contribution in [3.8, 4) is 0 Å². The molecule has 2 aromatic carbocycles. The van der Waals surface area contributed by atoms with Crippen LogP contribution in [0.5, 0.6) is 0 Å². The van der Waals surface area contributed by atoms with Gasteiger partial charge in [-0.05, 0) is 36.6 Å². The highest BCUT2D eigenvalue weighted by atomic mass is 35.5. The molecule has 0 unspecified atom stereocenters. The molecule has 1 amide bonds. The summed E-state index contributed by atoms with van der Waals surface area (Å²) in [5, 5.41) is 11.5. The normalized spacial score (nSPS) is 12.4. The van der Waals surface area contributed by atoms with E-state index in [1.165, 1.54) is 36.4 Å². The molecule has 0 bridgehead atoms. The van der Waals surface area contributed by atoms with Crippen LogP contribution in [0.2, 0.25) is 5.02 Å². The Labute approximate surface area is 191 Å². The number of nitrogens with zero attached hydrogens (tertiary/aromatic N) is 3. The SMILES string of the molecule is CSCCn1c(=NC(=O)CCS(=O)(=O)c2ccc(Cl)cc2)sc2cc([N+](=O)[O-])ccc21. The zero-order chi connectivity index (χ0) is 22.6. The third-order valence-electron chi connectivity index (χ3n) is 4.37. The van der Waals surface area contributed by atoms with Crippen LogP contribution in [-0.2, 0) is 21.2 Å². The summed E-state index contributed by atoms with van der Waals surface area (Å²) in [6.45, 7) is 0.564. The maximum absolute atomic E-state index is 12.5. The van der Waals surface area contributed by atoms with Gasteiger partial charge in [0, 0.05) is 35.9 Å². The molecule has 0 atom stereocenters. The molecule has 0 N–H and O–H groups in total. The highest BCUT2D eigenvalue weighted by molar-refractivity contribution is 7.98. The molecule has 31 heavy (non-hydrogen) atoms. The zero-order valence-electron chi connectivity index (χ0n) is 16.4. The van der Waals surface area contributed by atoms with Crippen LogP contribution in [0.25, 0.3) is 10.2 Å². The number of carbonyl (C=O) groups is 1. The quantitative estimate of drug-likeness (QED) is 0.343. The number of hydrogen-bond donors (Lipinski definition) is 0. The minimum absolute atomic E-state index is 0.0438. The van der Waals surface area contributed by atoms with E-state index in [9.17, 15) is 23.3 Å². The molecule has 0 saturated carbocycles. The second-order valence-corrected chi connectivity index (χ2v) is 11.0. The van der Waals surface area contributed by atoms with Crippen molar-refractivity contribution in [1.82, 2.24) is 4.57 Å². The first kappa shape index (κ1) is 23.5. The predicted molar refractivity (Wildman–Crippen MR) is 124 cm³/mol. The zero-order valence-corrected chi connectivity index (χ0v) is 19.6. The highest BCUT2D eigenvalue weighted by Gasteiger charge is 2.17. The van der Waals surface area contributed by atoms with Crippen LogP contribution in [-0.4, -0.2) is 41.6 Å². The molecule has 0 radical (unpaired) electrons. The lowest BCUT2D eigenvalue weighted by molar-refractivity contribution is -0.384. The second kappa shape index (κ2) is 9.94. The fourth-order valence-corrected chi connectivity index (χ4v) is 5.63. The summed E-state index contributed by atoms with van der Waals surface area (Å²) < 4.78 is 27.3. The topological polar surface area (TPSA) is 112 Å². The van der Waals surface area contributed by atoms with Crippen LogP contribution in [0.15, 0.2) is 52.4 Å². The summed E-state index contributed by atoms with van der Waals surface area (Å²) in [6, 6.07) is 10.2. The van der Waals surface area contributed by atoms with Crippen molar-refractivity contribution in [2.75, 3.05) is 17.8 Å². The molecule has 0 aliphatic heterocycles. The second-order valence-electron chi connectivity index (χ2n) is 6.47. The van der Waals surface area contributed by atoms with Gasteiger partial charge < -0.3 is 4.57 Å². The lowest BCUT2D eigenvalue weighted by Crippen LogP contribution is -2.19. The van der Waals surface area contributed by atoms with Crippen molar-refractivity contribution in [2.24, 2.45) is 4.99 Å². The number of nitro groups is 1. The first-order chi connectivity index (χ1) is 14.7. The van der Waals surface area contributed by atoms with Crippen LogP contribution in [0.1, 0.15) is 6.42 Å². The van der Waals surface area contributed by atoms with E-state index < -0.39 is 20.7 Å².